The van der Waals surface area contributed by atoms with Crippen LogP contribution in [0.3, 0.4) is 0 Å². The molecule has 1 aromatic carbocycles. The van der Waals surface area contributed by atoms with Gasteiger partial charge in [0.2, 0.25) is 5.91 Å². The van der Waals surface area contributed by atoms with Crippen LogP contribution < -0.4 is 5.32 Å². The maximum Gasteiger partial charge on any atom is 0.238 e. The normalized spacial score (nSPS) is 9.59. The summed E-state index contributed by atoms with van der Waals surface area (Å²) in [4.78, 5) is 12.7. The van der Waals surface area contributed by atoms with Gasteiger partial charge in [0, 0.05) is 5.69 Å². The third-order valence-electron chi connectivity index (χ3n) is 2.02. The van der Waals surface area contributed by atoms with Gasteiger partial charge >= 0.3 is 0 Å². The molecule has 0 radical (unpaired) electrons. The summed E-state index contributed by atoms with van der Waals surface area (Å²) < 4.78 is 0. The standard InChI is InChI=1S/C11H9N5O/c12-5-4-11(17)15-9-2-1-3-10(8-9)16-13-6-7-14-16/h1-3,6-8H,4H2,(H,15,17). The van der Waals surface area contributed by atoms with Crippen molar-refractivity contribution in [1.82, 2.24) is 15.0 Å². The third-order valence-corrected chi connectivity index (χ3v) is 2.02. The van der Waals surface area contributed by atoms with Crippen molar-refractivity contribution in [3.8, 4) is 11.8 Å². The number of nitrogens with zero attached hydrogens (tertiary/aromatic N) is 4. The second kappa shape index (κ2) is 4.90. The van der Waals surface area contributed by atoms with Crippen molar-refractivity contribution in [1.29, 1.82) is 5.26 Å². The summed E-state index contributed by atoms with van der Waals surface area (Å²) in [6, 6.07) is 8.86. The molecule has 0 saturated heterocycles. The SMILES string of the molecule is N#CCC(=O)Nc1cccc(-n2nccn2)c1. The van der Waals surface area contributed by atoms with Gasteiger partial charge in [-0.25, -0.2) is 0 Å². The van der Waals surface area contributed by atoms with Crippen LogP contribution in [-0.2, 0) is 4.79 Å². The lowest BCUT2D eigenvalue weighted by Gasteiger charge is -2.05. The number of rotatable bonds is 3. The highest BCUT2D eigenvalue weighted by atomic mass is 16.1. The average molecular weight is 227 g/mol. The Morgan fingerprint density at radius 2 is 2.18 bits per heavy atom. The molecule has 0 unspecified atom stereocenters. The highest BCUT2D eigenvalue weighted by Crippen LogP contribution is 2.13. The van der Waals surface area contributed by atoms with Crippen LogP contribution in [0.4, 0.5) is 5.69 Å². The van der Waals surface area contributed by atoms with E-state index < -0.39 is 0 Å². The van der Waals surface area contributed by atoms with E-state index in [0.717, 1.165) is 5.69 Å². The number of anilines is 1. The van der Waals surface area contributed by atoms with Gasteiger partial charge in [0.05, 0.1) is 24.2 Å². The summed E-state index contributed by atoms with van der Waals surface area (Å²) in [7, 11) is 0. The van der Waals surface area contributed by atoms with Crippen LogP contribution in [0.25, 0.3) is 5.69 Å². The largest absolute Gasteiger partial charge is 0.325 e. The van der Waals surface area contributed by atoms with Gasteiger partial charge in [-0.2, -0.15) is 20.3 Å². The Labute approximate surface area is 97.5 Å². The molecule has 6 nitrogen and oxygen atoms in total. The molecule has 1 N–H and O–H groups in total. The van der Waals surface area contributed by atoms with E-state index in [4.69, 9.17) is 5.26 Å². The number of nitriles is 1. The highest BCUT2D eigenvalue weighted by Gasteiger charge is 2.03. The minimum absolute atomic E-state index is 0.162. The van der Waals surface area contributed by atoms with Gasteiger partial charge in [0.15, 0.2) is 0 Å². The minimum Gasteiger partial charge on any atom is -0.325 e. The zero-order valence-corrected chi connectivity index (χ0v) is 8.87. The molecule has 1 amide bonds. The van der Waals surface area contributed by atoms with Crippen LogP contribution >= 0.6 is 0 Å². The van der Waals surface area contributed by atoms with E-state index in [2.05, 4.69) is 15.5 Å². The van der Waals surface area contributed by atoms with Gasteiger partial charge in [0.1, 0.15) is 6.42 Å². The molecule has 0 saturated carbocycles. The molecule has 0 fully saturated rings. The van der Waals surface area contributed by atoms with E-state index in [-0.39, 0.29) is 12.3 Å². The van der Waals surface area contributed by atoms with Gasteiger partial charge in [-0.05, 0) is 18.2 Å². The molecule has 0 aliphatic heterocycles. The first kappa shape index (κ1) is 10.8. The van der Waals surface area contributed by atoms with Crippen molar-refractivity contribution in [2.24, 2.45) is 0 Å². The first-order valence-corrected chi connectivity index (χ1v) is 4.93. The van der Waals surface area contributed by atoms with Crippen molar-refractivity contribution < 1.29 is 4.79 Å². The topological polar surface area (TPSA) is 83.6 Å². The van der Waals surface area contributed by atoms with E-state index in [9.17, 15) is 4.79 Å². The Hall–Kier alpha value is -2.68. The Kier molecular flexibility index (Phi) is 3.12. The summed E-state index contributed by atoms with van der Waals surface area (Å²) in [6.45, 7) is 0. The maximum atomic E-state index is 11.2. The molecule has 0 atom stereocenters. The number of hydrogen-bond donors (Lipinski definition) is 1. The first-order valence-electron chi connectivity index (χ1n) is 4.93. The lowest BCUT2D eigenvalue weighted by Crippen LogP contribution is -2.10. The lowest BCUT2D eigenvalue weighted by molar-refractivity contribution is -0.115. The van der Waals surface area contributed by atoms with Crippen molar-refractivity contribution in [3.05, 3.63) is 36.7 Å². The molecule has 6 heteroatoms. The molecular weight excluding hydrogens is 218 g/mol. The molecule has 1 aromatic heterocycles. The van der Waals surface area contributed by atoms with Gasteiger partial charge in [-0.3, -0.25) is 4.79 Å². The number of carbonyl (C=O) groups is 1. The molecule has 84 valence electrons. The second-order valence-electron chi connectivity index (χ2n) is 3.25. The predicted octanol–water partition coefficient (Wildman–Crippen LogP) is 1.12. The van der Waals surface area contributed by atoms with Crippen LogP contribution in [0.15, 0.2) is 36.7 Å². The van der Waals surface area contributed by atoms with Crippen molar-refractivity contribution in [3.63, 3.8) is 0 Å². The second-order valence-corrected chi connectivity index (χ2v) is 3.25. The molecule has 2 rings (SSSR count). The molecule has 1 heterocycles. The van der Waals surface area contributed by atoms with E-state index in [1.54, 1.807) is 36.7 Å². The van der Waals surface area contributed by atoms with Crippen molar-refractivity contribution in [2.45, 2.75) is 6.42 Å². The fourth-order valence-corrected chi connectivity index (χ4v) is 1.33. The van der Waals surface area contributed by atoms with Crippen LogP contribution in [-0.4, -0.2) is 20.9 Å². The summed E-state index contributed by atoms with van der Waals surface area (Å²) in [5.41, 5.74) is 1.35. The number of carbonyl (C=O) groups excluding carboxylic acids is 1. The quantitative estimate of drug-likeness (QED) is 0.851. The molecule has 0 bridgehead atoms. The fraction of sp³-hybridized carbons (Fsp3) is 0.0909. The fourth-order valence-electron chi connectivity index (χ4n) is 1.33. The molecular formula is C11H9N5O. The third kappa shape index (κ3) is 2.66. The number of nitrogens with one attached hydrogen (secondary N) is 1. The van der Waals surface area contributed by atoms with E-state index in [0.29, 0.717) is 5.69 Å². The van der Waals surface area contributed by atoms with Gasteiger partial charge in [-0.1, -0.05) is 6.07 Å². The van der Waals surface area contributed by atoms with Gasteiger partial charge in [-0.15, -0.1) is 0 Å². The summed E-state index contributed by atoms with van der Waals surface area (Å²) in [6.07, 6.45) is 2.98. The van der Waals surface area contributed by atoms with Crippen LogP contribution in [0, 0.1) is 11.3 Å². The molecule has 2 aromatic rings. The maximum absolute atomic E-state index is 11.2. The Morgan fingerprint density at radius 3 is 2.88 bits per heavy atom. The predicted molar refractivity (Wildman–Crippen MR) is 60.2 cm³/mol. The lowest BCUT2D eigenvalue weighted by atomic mass is 10.2. The van der Waals surface area contributed by atoms with Crippen molar-refractivity contribution in [2.75, 3.05) is 5.32 Å². The zero-order valence-electron chi connectivity index (χ0n) is 8.87. The average Bonchev–Trinajstić information content (AvgIpc) is 2.83. The summed E-state index contributed by atoms with van der Waals surface area (Å²) in [5.74, 6) is -0.335. The highest BCUT2D eigenvalue weighted by molar-refractivity contribution is 5.92. The number of hydrogen-bond acceptors (Lipinski definition) is 4. The van der Waals surface area contributed by atoms with Gasteiger partial charge in [0.25, 0.3) is 0 Å². The molecule has 0 spiro atoms. The van der Waals surface area contributed by atoms with Gasteiger partial charge < -0.3 is 5.32 Å². The molecule has 0 aliphatic rings. The van der Waals surface area contributed by atoms with E-state index in [1.807, 2.05) is 6.07 Å². The van der Waals surface area contributed by atoms with E-state index >= 15 is 0 Å². The first-order chi connectivity index (χ1) is 8.29. The monoisotopic (exact) mass is 227 g/mol. The van der Waals surface area contributed by atoms with Crippen molar-refractivity contribution >= 4 is 11.6 Å². The molecule has 17 heavy (non-hydrogen) atoms. The Balaban J connectivity index is 2.18. The summed E-state index contributed by atoms with van der Waals surface area (Å²) >= 11 is 0. The van der Waals surface area contributed by atoms with E-state index in [1.165, 1.54) is 4.80 Å². The smallest absolute Gasteiger partial charge is 0.238 e. The minimum atomic E-state index is -0.335. The number of amides is 1. The Bertz CT molecular complexity index is 555. The van der Waals surface area contributed by atoms with Crippen LogP contribution in [0.5, 0.6) is 0 Å². The summed E-state index contributed by atoms with van der Waals surface area (Å²) in [5, 5.41) is 19.0. The Morgan fingerprint density at radius 1 is 1.41 bits per heavy atom. The van der Waals surface area contributed by atoms with Crippen LogP contribution in [0.2, 0.25) is 0 Å². The number of aromatic nitrogens is 3. The van der Waals surface area contributed by atoms with Crippen LogP contribution in [0.1, 0.15) is 6.42 Å². The number of benzene rings is 1. The molecule has 0 aliphatic carbocycles. The zero-order chi connectivity index (χ0) is 12.1.